The van der Waals surface area contributed by atoms with Gasteiger partial charge >= 0.3 is 0 Å². The van der Waals surface area contributed by atoms with Crippen LogP contribution in [0.5, 0.6) is 11.5 Å². The quantitative estimate of drug-likeness (QED) is 0.624. The third kappa shape index (κ3) is 4.06. The summed E-state index contributed by atoms with van der Waals surface area (Å²) >= 11 is 0. The molecule has 0 saturated carbocycles. The van der Waals surface area contributed by atoms with E-state index in [2.05, 4.69) is 5.32 Å². The molecule has 0 unspecified atom stereocenters. The van der Waals surface area contributed by atoms with Crippen molar-refractivity contribution < 1.29 is 19.1 Å². The lowest BCUT2D eigenvalue weighted by molar-refractivity contribution is -0.142. The van der Waals surface area contributed by atoms with Crippen molar-refractivity contribution in [1.82, 2.24) is 4.90 Å². The largest absolute Gasteiger partial charge is 0.457 e. The van der Waals surface area contributed by atoms with Crippen LogP contribution >= 0.6 is 0 Å². The molecule has 1 N–H and O–H groups in total. The van der Waals surface area contributed by atoms with Gasteiger partial charge in [0.05, 0.1) is 11.8 Å². The Hall–Kier alpha value is -3.41. The molecule has 0 aromatic heterocycles. The van der Waals surface area contributed by atoms with Crippen molar-refractivity contribution in [2.75, 3.05) is 11.9 Å². The molecule has 0 spiro atoms. The number of nitrogens with one attached hydrogen (secondary N) is 1. The van der Waals surface area contributed by atoms with Gasteiger partial charge in [-0.15, -0.1) is 0 Å². The molecule has 2 aliphatic rings. The fourth-order valence-electron chi connectivity index (χ4n) is 3.72. The van der Waals surface area contributed by atoms with Crippen LogP contribution in [0.25, 0.3) is 0 Å². The molecule has 2 aromatic rings. The number of carbonyl (C=O) groups excluding carboxylic acids is 3. The van der Waals surface area contributed by atoms with E-state index in [1.165, 1.54) is 0 Å². The van der Waals surface area contributed by atoms with E-state index in [-0.39, 0.29) is 30.2 Å². The number of nitrogens with zero attached hydrogens (tertiary/aromatic N) is 1. The molecule has 1 aliphatic heterocycles. The first-order valence-corrected chi connectivity index (χ1v) is 9.66. The van der Waals surface area contributed by atoms with Gasteiger partial charge in [-0.1, -0.05) is 29.8 Å². The topological polar surface area (TPSA) is 75.7 Å². The Labute approximate surface area is 169 Å². The third-order valence-electron chi connectivity index (χ3n) is 5.30. The second kappa shape index (κ2) is 7.91. The highest BCUT2D eigenvalue weighted by Crippen LogP contribution is 2.34. The van der Waals surface area contributed by atoms with Crippen molar-refractivity contribution in [3.8, 4) is 11.5 Å². The Balaban J connectivity index is 1.34. The van der Waals surface area contributed by atoms with E-state index in [1.54, 1.807) is 24.3 Å². The van der Waals surface area contributed by atoms with Crippen LogP contribution in [0.15, 0.2) is 60.7 Å². The maximum absolute atomic E-state index is 12.5. The summed E-state index contributed by atoms with van der Waals surface area (Å²) in [6.07, 6.45) is 4.98. The van der Waals surface area contributed by atoms with Crippen LogP contribution in [0.4, 0.5) is 5.69 Å². The molecule has 6 nitrogen and oxygen atoms in total. The molecule has 6 heteroatoms. The number of allylic oxidation sites excluding steroid dienone is 2. The molecule has 3 amide bonds. The number of rotatable bonds is 5. The Morgan fingerprint density at radius 3 is 2.00 bits per heavy atom. The molecule has 1 heterocycles. The van der Waals surface area contributed by atoms with Crippen molar-refractivity contribution in [2.24, 2.45) is 11.8 Å². The van der Waals surface area contributed by atoms with E-state index in [4.69, 9.17) is 4.74 Å². The molecule has 1 fully saturated rings. The average molecular weight is 390 g/mol. The molecule has 2 atom stereocenters. The predicted octanol–water partition coefficient (Wildman–Crippen LogP) is 3.68. The highest BCUT2D eigenvalue weighted by Gasteiger charge is 2.47. The fraction of sp³-hybridized carbons (Fsp3) is 0.261. The van der Waals surface area contributed by atoms with Gasteiger partial charge in [0.15, 0.2) is 0 Å². The van der Waals surface area contributed by atoms with Gasteiger partial charge in [-0.25, -0.2) is 0 Å². The molecule has 1 aliphatic carbocycles. The second-order valence-electron chi connectivity index (χ2n) is 7.41. The molecular weight excluding hydrogens is 368 g/mol. The fourth-order valence-corrected chi connectivity index (χ4v) is 3.72. The SMILES string of the molecule is Cc1ccc(Oc2ccc(NC(=O)CN3C(=O)[C@H]4CC=CC[C@H]4C3=O)cc2)cc1. The summed E-state index contributed by atoms with van der Waals surface area (Å²) in [5, 5.41) is 2.73. The summed E-state index contributed by atoms with van der Waals surface area (Å²) in [6.45, 7) is 1.75. The van der Waals surface area contributed by atoms with E-state index in [1.807, 2.05) is 43.3 Å². The summed E-state index contributed by atoms with van der Waals surface area (Å²) in [7, 11) is 0. The van der Waals surface area contributed by atoms with Crippen molar-refractivity contribution >= 4 is 23.4 Å². The summed E-state index contributed by atoms with van der Waals surface area (Å²) in [6, 6.07) is 14.7. The summed E-state index contributed by atoms with van der Waals surface area (Å²) in [5.41, 5.74) is 1.73. The predicted molar refractivity (Wildman–Crippen MR) is 108 cm³/mol. The van der Waals surface area contributed by atoms with Gasteiger partial charge in [-0.2, -0.15) is 0 Å². The molecule has 0 bridgehead atoms. The second-order valence-corrected chi connectivity index (χ2v) is 7.41. The Kier molecular flexibility index (Phi) is 5.16. The van der Waals surface area contributed by atoms with Gasteiger partial charge in [0.2, 0.25) is 17.7 Å². The van der Waals surface area contributed by atoms with Crippen molar-refractivity contribution in [2.45, 2.75) is 19.8 Å². The number of aryl methyl sites for hydroxylation is 1. The number of amides is 3. The summed E-state index contributed by atoms with van der Waals surface area (Å²) < 4.78 is 5.77. The Bertz CT molecular complexity index is 937. The van der Waals surface area contributed by atoms with E-state index in [9.17, 15) is 14.4 Å². The van der Waals surface area contributed by atoms with Crippen LogP contribution in [0.1, 0.15) is 18.4 Å². The van der Waals surface area contributed by atoms with Gasteiger partial charge in [0.1, 0.15) is 18.0 Å². The first-order chi connectivity index (χ1) is 14.0. The lowest BCUT2D eigenvalue weighted by Gasteiger charge is -2.14. The minimum atomic E-state index is -0.398. The number of imide groups is 1. The lowest BCUT2D eigenvalue weighted by atomic mass is 9.85. The Morgan fingerprint density at radius 2 is 1.45 bits per heavy atom. The lowest BCUT2D eigenvalue weighted by Crippen LogP contribution is -2.38. The van der Waals surface area contributed by atoms with Gasteiger partial charge in [-0.05, 0) is 56.2 Å². The summed E-state index contributed by atoms with van der Waals surface area (Å²) in [4.78, 5) is 38.4. The minimum absolute atomic E-state index is 0.249. The zero-order valence-corrected chi connectivity index (χ0v) is 16.1. The number of ether oxygens (including phenoxy) is 1. The zero-order chi connectivity index (χ0) is 20.4. The normalized spacial score (nSPS) is 20.5. The first kappa shape index (κ1) is 18.9. The number of carbonyl (C=O) groups is 3. The van der Waals surface area contributed by atoms with Gasteiger partial charge in [0.25, 0.3) is 0 Å². The number of hydrogen-bond acceptors (Lipinski definition) is 4. The number of likely N-dealkylation sites (tertiary alicyclic amines) is 1. The maximum Gasteiger partial charge on any atom is 0.244 e. The Morgan fingerprint density at radius 1 is 0.931 bits per heavy atom. The van der Waals surface area contributed by atoms with Crippen LogP contribution in [0.2, 0.25) is 0 Å². The van der Waals surface area contributed by atoms with Crippen LogP contribution < -0.4 is 10.1 Å². The van der Waals surface area contributed by atoms with Crippen molar-refractivity contribution in [1.29, 1.82) is 0 Å². The van der Waals surface area contributed by atoms with Gasteiger partial charge in [-0.3, -0.25) is 19.3 Å². The minimum Gasteiger partial charge on any atom is -0.457 e. The van der Waals surface area contributed by atoms with E-state index < -0.39 is 5.91 Å². The molecule has 0 radical (unpaired) electrons. The smallest absolute Gasteiger partial charge is 0.244 e. The van der Waals surface area contributed by atoms with Crippen LogP contribution in [-0.4, -0.2) is 29.2 Å². The molecular formula is C23H22N2O4. The monoisotopic (exact) mass is 390 g/mol. The number of benzene rings is 2. The van der Waals surface area contributed by atoms with Crippen LogP contribution in [0, 0.1) is 18.8 Å². The van der Waals surface area contributed by atoms with E-state index >= 15 is 0 Å². The van der Waals surface area contributed by atoms with Crippen LogP contribution in [-0.2, 0) is 14.4 Å². The summed E-state index contributed by atoms with van der Waals surface area (Å²) in [5.74, 6) is -0.159. The average Bonchev–Trinajstić information content (AvgIpc) is 2.96. The maximum atomic E-state index is 12.5. The number of anilines is 1. The molecule has 2 aromatic carbocycles. The molecule has 148 valence electrons. The molecule has 1 saturated heterocycles. The number of hydrogen-bond donors (Lipinski definition) is 1. The van der Waals surface area contributed by atoms with Crippen LogP contribution in [0.3, 0.4) is 0 Å². The standard InChI is InChI=1S/C23H22N2O4/c1-15-6-10-17(11-7-15)29-18-12-8-16(9-13-18)24-21(26)14-25-22(27)19-4-2-3-5-20(19)23(25)28/h2-3,6-13,19-20H,4-5,14H2,1H3,(H,24,26)/t19-,20+. The molecule has 4 rings (SSSR count). The van der Waals surface area contributed by atoms with Gasteiger partial charge < -0.3 is 10.1 Å². The van der Waals surface area contributed by atoms with E-state index in [0.717, 1.165) is 16.2 Å². The third-order valence-corrected chi connectivity index (χ3v) is 5.30. The highest BCUT2D eigenvalue weighted by atomic mass is 16.5. The highest BCUT2D eigenvalue weighted by molar-refractivity contribution is 6.08. The van der Waals surface area contributed by atoms with Gasteiger partial charge in [0, 0.05) is 5.69 Å². The molecule has 29 heavy (non-hydrogen) atoms. The first-order valence-electron chi connectivity index (χ1n) is 9.66. The van der Waals surface area contributed by atoms with Crippen molar-refractivity contribution in [3.63, 3.8) is 0 Å². The van der Waals surface area contributed by atoms with E-state index in [0.29, 0.717) is 24.3 Å². The number of fused-ring (bicyclic) bond motifs is 1. The zero-order valence-electron chi connectivity index (χ0n) is 16.1. The van der Waals surface area contributed by atoms with Crippen molar-refractivity contribution in [3.05, 3.63) is 66.2 Å².